The Bertz CT molecular complexity index is 586. The van der Waals surface area contributed by atoms with E-state index in [9.17, 15) is 9.59 Å². The lowest BCUT2D eigenvalue weighted by Gasteiger charge is -2.19. The lowest BCUT2D eigenvalue weighted by atomic mass is 10.1. The number of benzene rings is 1. The highest BCUT2D eigenvalue weighted by atomic mass is 16.6. The summed E-state index contributed by atoms with van der Waals surface area (Å²) in [6, 6.07) is 7.57. The highest BCUT2D eigenvalue weighted by Gasteiger charge is 2.16. The number of amides is 2. The van der Waals surface area contributed by atoms with Crippen LogP contribution in [0.15, 0.2) is 36.4 Å². The third kappa shape index (κ3) is 9.55. The van der Waals surface area contributed by atoms with Crippen LogP contribution in [0.2, 0.25) is 0 Å². The maximum atomic E-state index is 11.7. The fourth-order valence-electron chi connectivity index (χ4n) is 2.07. The number of carbonyl (C=O) groups excluding carboxylic acids is 2. The summed E-state index contributed by atoms with van der Waals surface area (Å²) in [4.78, 5) is 23.4. The number of anilines is 1. The van der Waals surface area contributed by atoms with E-state index >= 15 is 0 Å². The largest absolute Gasteiger partial charge is 0.444 e. The monoisotopic (exact) mass is 346 g/mol. The minimum absolute atomic E-state index is 0.0535. The second-order valence-electron chi connectivity index (χ2n) is 7.06. The van der Waals surface area contributed by atoms with Gasteiger partial charge in [-0.25, -0.2) is 4.79 Å². The van der Waals surface area contributed by atoms with Crippen LogP contribution < -0.4 is 10.6 Å². The maximum absolute atomic E-state index is 11.7. The van der Waals surface area contributed by atoms with E-state index in [2.05, 4.69) is 17.2 Å². The van der Waals surface area contributed by atoms with Crippen molar-refractivity contribution < 1.29 is 14.3 Å². The van der Waals surface area contributed by atoms with Crippen LogP contribution in [0.25, 0.3) is 0 Å². The Morgan fingerprint density at radius 1 is 1.16 bits per heavy atom. The Balaban J connectivity index is 2.33. The zero-order valence-corrected chi connectivity index (χ0v) is 15.8. The molecule has 2 amide bonds. The molecule has 0 radical (unpaired) electrons. The Hall–Kier alpha value is -2.30. The van der Waals surface area contributed by atoms with Crippen molar-refractivity contribution in [2.75, 3.05) is 11.9 Å². The van der Waals surface area contributed by atoms with E-state index in [1.807, 2.05) is 52.0 Å². The molecule has 0 unspecified atom stereocenters. The van der Waals surface area contributed by atoms with Gasteiger partial charge in [0.15, 0.2) is 0 Å². The average Bonchev–Trinajstić information content (AvgIpc) is 2.52. The van der Waals surface area contributed by atoms with Crippen LogP contribution in [0.4, 0.5) is 10.5 Å². The molecule has 25 heavy (non-hydrogen) atoms. The molecule has 0 heterocycles. The summed E-state index contributed by atoms with van der Waals surface area (Å²) >= 11 is 0. The van der Waals surface area contributed by atoms with Gasteiger partial charge in [-0.1, -0.05) is 31.2 Å². The molecule has 1 aromatic carbocycles. The normalized spacial score (nSPS) is 10.9. The number of aryl methyl sites for hydroxylation is 1. The van der Waals surface area contributed by atoms with Gasteiger partial charge in [0.1, 0.15) is 5.60 Å². The first-order valence-corrected chi connectivity index (χ1v) is 8.72. The molecule has 2 N–H and O–H groups in total. The highest BCUT2D eigenvalue weighted by Crippen LogP contribution is 2.14. The first-order chi connectivity index (χ1) is 11.7. The zero-order valence-electron chi connectivity index (χ0n) is 15.8. The van der Waals surface area contributed by atoms with E-state index in [0.717, 1.165) is 30.4 Å². The van der Waals surface area contributed by atoms with Gasteiger partial charge in [-0.2, -0.15) is 0 Å². The summed E-state index contributed by atoms with van der Waals surface area (Å²) in [6.45, 7) is 11.9. The average molecular weight is 346 g/mol. The number of hydrogen-bond acceptors (Lipinski definition) is 3. The Morgan fingerprint density at radius 3 is 2.36 bits per heavy atom. The number of nitrogens with one attached hydrogen (secondary N) is 2. The molecule has 0 spiro atoms. The van der Waals surface area contributed by atoms with Crippen LogP contribution >= 0.6 is 0 Å². The minimum Gasteiger partial charge on any atom is -0.444 e. The topological polar surface area (TPSA) is 67.4 Å². The third-order valence-corrected chi connectivity index (χ3v) is 3.50. The van der Waals surface area contributed by atoms with E-state index < -0.39 is 11.7 Å². The number of ether oxygens (including phenoxy) is 1. The highest BCUT2D eigenvalue weighted by molar-refractivity contribution is 5.84. The van der Waals surface area contributed by atoms with Crippen molar-refractivity contribution in [1.82, 2.24) is 5.32 Å². The van der Waals surface area contributed by atoms with Crippen molar-refractivity contribution in [3.63, 3.8) is 0 Å². The summed E-state index contributed by atoms with van der Waals surface area (Å²) in [5.41, 5.74) is 2.32. The predicted octanol–water partition coefficient (Wildman–Crippen LogP) is 4.44. The molecule has 0 aliphatic rings. The van der Waals surface area contributed by atoms with E-state index in [1.165, 1.54) is 0 Å². The molecule has 0 aromatic heterocycles. The predicted molar refractivity (Wildman–Crippen MR) is 102 cm³/mol. The van der Waals surface area contributed by atoms with E-state index in [0.29, 0.717) is 18.7 Å². The molecule has 0 aliphatic carbocycles. The Labute approximate surface area is 150 Å². The van der Waals surface area contributed by atoms with Crippen LogP contribution in [0.5, 0.6) is 0 Å². The van der Waals surface area contributed by atoms with Gasteiger partial charge in [0, 0.05) is 18.7 Å². The molecular formula is C20H30N2O3. The van der Waals surface area contributed by atoms with Crippen LogP contribution in [-0.2, 0) is 16.0 Å². The lowest BCUT2D eigenvalue weighted by molar-refractivity contribution is -0.121. The van der Waals surface area contributed by atoms with Crippen LogP contribution in [0.1, 0.15) is 52.5 Å². The quantitative estimate of drug-likeness (QED) is 0.684. The first-order valence-electron chi connectivity index (χ1n) is 8.72. The lowest BCUT2D eigenvalue weighted by Crippen LogP contribution is -2.27. The fourth-order valence-corrected chi connectivity index (χ4v) is 2.07. The number of rotatable bonds is 8. The van der Waals surface area contributed by atoms with E-state index in [-0.39, 0.29) is 5.91 Å². The molecule has 0 saturated carbocycles. The van der Waals surface area contributed by atoms with Gasteiger partial charge in [0.2, 0.25) is 5.91 Å². The van der Waals surface area contributed by atoms with Gasteiger partial charge >= 0.3 is 6.09 Å². The summed E-state index contributed by atoms with van der Waals surface area (Å²) in [6.07, 6.45) is 2.50. The van der Waals surface area contributed by atoms with Crippen LogP contribution in [0, 0.1) is 0 Å². The molecule has 1 aromatic rings. The molecule has 1 rings (SSSR count). The third-order valence-electron chi connectivity index (χ3n) is 3.50. The SMILES string of the molecule is C=C(CC)CNC(=O)CCCc1ccc(NC(=O)OC(C)(C)C)cc1. The minimum atomic E-state index is -0.520. The van der Waals surface area contributed by atoms with Crippen molar-refractivity contribution >= 4 is 17.7 Å². The van der Waals surface area contributed by atoms with Crippen molar-refractivity contribution in [2.45, 2.75) is 59.0 Å². The van der Waals surface area contributed by atoms with E-state index in [4.69, 9.17) is 4.74 Å². The summed E-state index contributed by atoms with van der Waals surface area (Å²) in [7, 11) is 0. The second kappa shape index (κ2) is 9.87. The molecule has 138 valence electrons. The van der Waals surface area contributed by atoms with Crippen molar-refractivity contribution in [3.8, 4) is 0 Å². The van der Waals surface area contributed by atoms with E-state index in [1.54, 1.807) is 0 Å². The molecule has 5 heteroatoms. The number of hydrogen-bond donors (Lipinski definition) is 2. The van der Waals surface area contributed by atoms with Gasteiger partial charge in [-0.3, -0.25) is 10.1 Å². The van der Waals surface area contributed by atoms with Crippen LogP contribution in [-0.4, -0.2) is 24.1 Å². The second-order valence-corrected chi connectivity index (χ2v) is 7.06. The number of carbonyl (C=O) groups is 2. The van der Waals surface area contributed by atoms with Crippen molar-refractivity contribution in [2.24, 2.45) is 0 Å². The molecular weight excluding hydrogens is 316 g/mol. The molecule has 0 aliphatic heterocycles. The smallest absolute Gasteiger partial charge is 0.412 e. The molecule has 0 bridgehead atoms. The summed E-state index contributed by atoms with van der Waals surface area (Å²) in [5, 5.41) is 5.57. The molecule has 0 fully saturated rings. The maximum Gasteiger partial charge on any atom is 0.412 e. The van der Waals surface area contributed by atoms with Gasteiger partial charge in [-0.05, 0) is 57.7 Å². The summed E-state index contributed by atoms with van der Waals surface area (Å²) in [5.74, 6) is 0.0535. The van der Waals surface area contributed by atoms with Crippen molar-refractivity contribution in [1.29, 1.82) is 0 Å². The van der Waals surface area contributed by atoms with Gasteiger partial charge in [-0.15, -0.1) is 0 Å². The van der Waals surface area contributed by atoms with Gasteiger partial charge in [0.05, 0.1) is 0 Å². The Morgan fingerprint density at radius 2 is 1.80 bits per heavy atom. The Kier molecular flexibility index (Phi) is 8.19. The molecule has 0 atom stereocenters. The first kappa shape index (κ1) is 20.7. The van der Waals surface area contributed by atoms with Crippen molar-refractivity contribution in [3.05, 3.63) is 42.0 Å². The molecule has 0 saturated heterocycles. The van der Waals surface area contributed by atoms with Gasteiger partial charge < -0.3 is 10.1 Å². The van der Waals surface area contributed by atoms with Crippen LogP contribution in [0.3, 0.4) is 0 Å². The zero-order chi connectivity index (χ0) is 18.9. The molecule has 5 nitrogen and oxygen atoms in total. The summed E-state index contributed by atoms with van der Waals surface area (Å²) < 4.78 is 5.21. The fraction of sp³-hybridized carbons (Fsp3) is 0.500. The van der Waals surface area contributed by atoms with Gasteiger partial charge in [0.25, 0.3) is 0 Å². The standard InChI is InChI=1S/C20H30N2O3/c1-6-15(2)14-21-18(23)9-7-8-16-10-12-17(13-11-16)22-19(24)25-20(3,4)5/h10-13H,2,6-9,14H2,1,3-5H3,(H,21,23)(H,22,24).